The van der Waals surface area contributed by atoms with Crippen molar-refractivity contribution in [3.05, 3.63) is 42.5 Å². The second-order valence-electron chi connectivity index (χ2n) is 10.4. The molecule has 3 amide bonds. The van der Waals surface area contributed by atoms with Crippen molar-refractivity contribution >= 4 is 45.9 Å². The van der Waals surface area contributed by atoms with Crippen LogP contribution in [0.1, 0.15) is 39.0 Å². The van der Waals surface area contributed by atoms with Crippen molar-refractivity contribution in [2.24, 2.45) is 17.8 Å². The molecule has 3 aliphatic heterocycles. The van der Waals surface area contributed by atoms with Gasteiger partial charge in [0, 0.05) is 31.1 Å². The number of aliphatic hydroxyl groups excluding tert-OH is 1. The number of aliphatic hydroxyl groups is 1. The summed E-state index contributed by atoms with van der Waals surface area (Å²) in [5.74, 6) is -1.08. The Balaban J connectivity index is 1.46. The Morgan fingerprint density at radius 3 is 2.58 bits per heavy atom. The molecule has 2 aromatic carbocycles. The van der Waals surface area contributed by atoms with E-state index in [1.807, 2.05) is 42.5 Å². The molecule has 3 aliphatic rings. The van der Waals surface area contributed by atoms with Gasteiger partial charge in [-0.15, -0.1) is 11.8 Å². The van der Waals surface area contributed by atoms with Gasteiger partial charge in [0.2, 0.25) is 17.7 Å². The van der Waals surface area contributed by atoms with E-state index in [2.05, 4.69) is 17.6 Å². The van der Waals surface area contributed by atoms with Gasteiger partial charge in [-0.2, -0.15) is 0 Å². The summed E-state index contributed by atoms with van der Waals surface area (Å²) in [7, 11) is 1.62. The lowest BCUT2D eigenvalue weighted by molar-refractivity contribution is -0.139. The summed E-state index contributed by atoms with van der Waals surface area (Å²) in [6.45, 7) is 2.78. The van der Waals surface area contributed by atoms with Crippen LogP contribution >= 0.6 is 11.8 Å². The zero-order valence-electron chi connectivity index (χ0n) is 20.9. The molecule has 192 valence electrons. The van der Waals surface area contributed by atoms with Crippen LogP contribution in [-0.4, -0.2) is 64.0 Å². The van der Waals surface area contributed by atoms with Gasteiger partial charge in [0.15, 0.2) is 0 Å². The van der Waals surface area contributed by atoms with E-state index < -0.39 is 22.6 Å². The highest BCUT2D eigenvalue weighted by molar-refractivity contribution is 8.02. The number of amides is 3. The van der Waals surface area contributed by atoms with Crippen molar-refractivity contribution in [3.63, 3.8) is 0 Å². The van der Waals surface area contributed by atoms with Gasteiger partial charge >= 0.3 is 0 Å². The first-order valence-corrected chi connectivity index (χ1v) is 13.9. The Bertz CT molecular complexity index is 1170. The van der Waals surface area contributed by atoms with Crippen molar-refractivity contribution in [3.8, 4) is 0 Å². The Kier molecular flexibility index (Phi) is 7.01. The van der Waals surface area contributed by atoms with Crippen LogP contribution in [0.3, 0.4) is 0 Å². The van der Waals surface area contributed by atoms with Crippen molar-refractivity contribution in [1.82, 2.24) is 10.2 Å². The molecule has 6 atom stereocenters. The average molecular weight is 510 g/mol. The third-order valence-electron chi connectivity index (χ3n) is 8.37. The van der Waals surface area contributed by atoms with E-state index in [1.54, 1.807) is 23.7 Å². The van der Waals surface area contributed by atoms with Crippen LogP contribution in [0, 0.1) is 17.8 Å². The van der Waals surface area contributed by atoms with Gasteiger partial charge in [0.25, 0.3) is 0 Å². The third kappa shape index (κ3) is 3.98. The fourth-order valence-corrected chi connectivity index (χ4v) is 9.17. The lowest BCUT2D eigenvalue weighted by atomic mass is 9.66. The lowest BCUT2D eigenvalue weighted by Crippen LogP contribution is -2.55. The Morgan fingerprint density at radius 2 is 1.83 bits per heavy atom. The maximum atomic E-state index is 14.0. The molecule has 8 heteroatoms. The molecule has 2 aromatic rings. The summed E-state index contributed by atoms with van der Waals surface area (Å²) < 4.78 is -0.606. The van der Waals surface area contributed by atoms with Crippen LogP contribution in [0.15, 0.2) is 42.5 Å². The van der Waals surface area contributed by atoms with Crippen molar-refractivity contribution < 1.29 is 19.5 Å². The topological polar surface area (TPSA) is 98.7 Å². The van der Waals surface area contributed by atoms with E-state index in [0.717, 1.165) is 42.9 Å². The quantitative estimate of drug-likeness (QED) is 0.450. The van der Waals surface area contributed by atoms with Gasteiger partial charge in [0.1, 0.15) is 6.04 Å². The highest BCUT2D eigenvalue weighted by Crippen LogP contribution is 2.68. The number of hydrogen-bond acceptors (Lipinski definition) is 5. The minimum atomic E-state index is -0.626. The molecule has 7 nitrogen and oxygen atoms in total. The van der Waals surface area contributed by atoms with E-state index in [-0.39, 0.29) is 35.5 Å². The fraction of sp³-hybridized carbons (Fsp3) is 0.536. The number of fused-ring (bicyclic) bond motifs is 2. The molecule has 0 aliphatic carbocycles. The number of likely N-dealkylation sites (tertiary alicyclic amines) is 1. The number of hydrogen-bond donors (Lipinski definition) is 3. The molecule has 3 fully saturated rings. The Morgan fingerprint density at radius 1 is 1.08 bits per heavy atom. The summed E-state index contributed by atoms with van der Waals surface area (Å²) in [5.41, 5.74) is 0.710. The molecule has 0 radical (unpaired) electrons. The van der Waals surface area contributed by atoms with Crippen LogP contribution in [0.5, 0.6) is 0 Å². The number of nitrogens with zero attached hydrogens (tertiary/aromatic N) is 1. The highest BCUT2D eigenvalue weighted by Gasteiger charge is 2.75. The molecule has 0 saturated carbocycles. The second-order valence-corrected chi connectivity index (χ2v) is 11.9. The fourth-order valence-electron chi connectivity index (χ4n) is 6.75. The van der Waals surface area contributed by atoms with E-state index >= 15 is 0 Å². The van der Waals surface area contributed by atoms with Gasteiger partial charge in [-0.1, -0.05) is 50.1 Å². The monoisotopic (exact) mass is 509 g/mol. The number of unbranched alkanes of at least 4 members (excludes halogenated alkanes) is 3. The van der Waals surface area contributed by atoms with Crippen LogP contribution < -0.4 is 10.6 Å². The van der Waals surface area contributed by atoms with Crippen LogP contribution in [0.2, 0.25) is 0 Å². The van der Waals surface area contributed by atoms with Crippen molar-refractivity contribution in [2.75, 3.05) is 25.5 Å². The molecule has 3 saturated heterocycles. The molecule has 1 spiro atoms. The normalized spacial score (nSPS) is 30.6. The van der Waals surface area contributed by atoms with Gasteiger partial charge in [-0.05, 0) is 48.1 Å². The molecule has 3 N–H and O–H groups in total. The number of nitrogens with one attached hydrogen (secondary N) is 2. The minimum absolute atomic E-state index is 0.0524. The zero-order chi connectivity index (χ0) is 25.4. The maximum absolute atomic E-state index is 14.0. The molecule has 2 bridgehead atoms. The van der Waals surface area contributed by atoms with Gasteiger partial charge in [-0.25, -0.2) is 0 Å². The van der Waals surface area contributed by atoms with E-state index in [1.165, 1.54) is 0 Å². The summed E-state index contributed by atoms with van der Waals surface area (Å²) in [6, 6.07) is 13.2. The Labute approximate surface area is 216 Å². The van der Waals surface area contributed by atoms with Crippen LogP contribution in [-0.2, 0) is 14.4 Å². The largest absolute Gasteiger partial charge is 0.396 e. The zero-order valence-corrected chi connectivity index (χ0v) is 21.7. The molecule has 0 aromatic heterocycles. The number of benzene rings is 2. The first kappa shape index (κ1) is 25.1. The van der Waals surface area contributed by atoms with E-state index in [9.17, 15) is 14.4 Å². The van der Waals surface area contributed by atoms with E-state index in [4.69, 9.17) is 5.11 Å². The smallest absolute Gasteiger partial charge is 0.248 e. The Hall–Kier alpha value is -2.58. The lowest BCUT2D eigenvalue weighted by Gasteiger charge is -2.38. The average Bonchev–Trinajstić information content (AvgIpc) is 3.47. The molecular formula is C28H35N3O4S. The summed E-state index contributed by atoms with van der Waals surface area (Å²) in [5, 5.41) is 17.2. The first-order chi connectivity index (χ1) is 17.4. The number of anilines is 1. The summed E-state index contributed by atoms with van der Waals surface area (Å²) >= 11 is 1.70. The minimum Gasteiger partial charge on any atom is -0.396 e. The SMILES string of the molecule is CNC(=O)[C@@H]1[C@@H]2CC(C)C3(S2)C(C(=O)Nc2ccc4ccccc4c2)N(CCCCCCO)C(=O)[C@H]13. The molecule has 36 heavy (non-hydrogen) atoms. The molecule has 3 unspecified atom stereocenters. The van der Waals surface area contributed by atoms with Crippen LogP contribution in [0.25, 0.3) is 10.8 Å². The van der Waals surface area contributed by atoms with E-state index in [0.29, 0.717) is 12.2 Å². The standard InChI is InChI=1S/C28H35N3O4S/c1-17-15-21-22(25(33)29-2)23-27(35)31(13-7-3-4-8-14-32)24(28(17,23)36-21)26(34)30-20-12-11-18-9-5-6-10-19(18)16-20/h5-6,9-12,16-17,21-24,32H,3-4,7-8,13-15H2,1-2H3,(H,29,33)(H,30,34)/t17?,21-,22+,23-,24?,28?/m0/s1. The van der Waals surface area contributed by atoms with Gasteiger partial charge < -0.3 is 20.6 Å². The van der Waals surface area contributed by atoms with Crippen LogP contribution in [0.4, 0.5) is 5.69 Å². The number of rotatable bonds is 9. The number of carbonyl (C=O) groups is 3. The highest BCUT2D eigenvalue weighted by atomic mass is 32.2. The molecule has 5 rings (SSSR count). The summed E-state index contributed by atoms with van der Waals surface area (Å²) in [6.07, 6.45) is 4.10. The number of thioether (sulfide) groups is 1. The molecule has 3 heterocycles. The molecular weight excluding hydrogens is 474 g/mol. The predicted molar refractivity (Wildman–Crippen MR) is 143 cm³/mol. The van der Waals surface area contributed by atoms with Gasteiger partial charge in [0.05, 0.1) is 16.6 Å². The van der Waals surface area contributed by atoms with Crippen molar-refractivity contribution in [1.29, 1.82) is 0 Å². The predicted octanol–water partition coefficient (Wildman–Crippen LogP) is 3.41. The van der Waals surface area contributed by atoms with Crippen molar-refractivity contribution in [2.45, 2.75) is 55.1 Å². The van der Waals surface area contributed by atoms with Gasteiger partial charge in [-0.3, -0.25) is 14.4 Å². The number of carbonyl (C=O) groups excluding carboxylic acids is 3. The summed E-state index contributed by atoms with van der Waals surface area (Å²) in [4.78, 5) is 42.6. The second kappa shape index (κ2) is 10.1. The first-order valence-electron chi connectivity index (χ1n) is 13.0. The maximum Gasteiger partial charge on any atom is 0.248 e. The third-order valence-corrected chi connectivity index (χ3v) is 10.4.